The van der Waals surface area contributed by atoms with Crippen molar-refractivity contribution in [2.75, 3.05) is 39.9 Å². The minimum atomic E-state index is 0. The van der Waals surface area contributed by atoms with E-state index in [1.807, 2.05) is 0 Å². The molecular weight excluding hydrogens is 425 g/mol. The largest absolute Gasteiger partial charge is 1.00 e. The van der Waals surface area contributed by atoms with Crippen LogP contribution in [0.4, 0.5) is 0 Å². The fraction of sp³-hybridized carbons (Fsp3) is 1.00. The Morgan fingerprint density at radius 3 is 1.16 bits per heavy atom. The van der Waals surface area contributed by atoms with Gasteiger partial charge in [0, 0.05) is 0 Å². The lowest BCUT2D eigenvalue weighted by molar-refractivity contribution is -0.910. The van der Waals surface area contributed by atoms with Crippen LogP contribution in [0.2, 0.25) is 0 Å². The summed E-state index contributed by atoms with van der Waals surface area (Å²) in [4.78, 5) is 0. The molecule has 0 saturated heterocycles. The fourth-order valence-corrected chi connectivity index (χ4v) is 3.51. The average Bonchev–Trinajstić information content (AvgIpc) is 2.55. The highest BCUT2D eigenvalue weighted by molar-refractivity contribution is 4.50. The first kappa shape index (κ1) is 27.8. The molecule has 0 saturated carbocycles. The molecule has 0 aliphatic carbocycles. The van der Waals surface area contributed by atoms with Crippen molar-refractivity contribution in [3.05, 3.63) is 0 Å². The average molecular weight is 472 g/mol. The van der Waals surface area contributed by atoms with Crippen LogP contribution in [-0.2, 0) is 0 Å². The zero-order valence-corrected chi connectivity index (χ0v) is 19.3. The SMILES string of the molecule is CCCCCCCCCCCCCCCC[N+](C)(CCO)CCO.[I-]. The first-order valence-electron chi connectivity index (χ1n) is 10.7. The van der Waals surface area contributed by atoms with Crippen LogP contribution in [0.25, 0.3) is 0 Å². The summed E-state index contributed by atoms with van der Waals surface area (Å²) < 4.78 is 0.811. The van der Waals surface area contributed by atoms with Crippen LogP contribution in [-0.4, -0.2) is 54.6 Å². The van der Waals surface area contributed by atoms with Crippen LogP contribution in [0.15, 0.2) is 0 Å². The number of hydrogen-bond donors (Lipinski definition) is 2. The second-order valence-corrected chi connectivity index (χ2v) is 7.83. The molecule has 0 amide bonds. The predicted molar refractivity (Wildman–Crippen MR) is 105 cm³/mol. The molecule has 3 nitrogen and oxygen atoms in total. The van der Waals surface area contributed by atoms with Gasteiger partial charge < -0.3 is 38.7 Å². The number of quaternary nitrogens is 1. The number of halogens is 1. The highest BCUT2D eigenvalue weighted by Gasteiger charge is 2.19. The van der Waals surface area contributed by atoms with Crippen molar-refractivity contribution in [2.45, 2.75) is 96.8 Å². The molecule has 0 fully saturated rings. The van der Waals surface area contributed by atoms with E-state index in [1.165, 1.54) is 89.9 Å². The molecule has 0 unspecified atom stereocenters. The smallest absolute Gasteiger partial charge is 0.102 e. The molecule has 0 rings (SSSR count). The minimum absolute atomic E-state index is 0. The van der Waals surface area contributed by atoms with Gasteiger partial charge in [0.2, 0.25) is 0 Å². The molecular formula is C21H46INO2. The van der Waals surface area contributed by atoms with Crippen molar-refractivity contribution in [3.8, 4) is 0 Å². The molecule has 0 radical (unpaired) electrons. The van der Waals surface area contributed by atoms with Crippen LogP contribution in [0.1, 0.15) is 96.8 Å². The third-order valence-electron chi connectivity index (χ3n) is 5.33. The van der Waals surface area contributed by atoms with Gasteiger partial charge in [-0.05, 0) is 12.8 Å². The summed E-state index contributed by atoms with van der Waals surface area (Å²) in [6.07, 6.45) is 19.4. The summed E-state index contributed by atoms with van der Waals surface area (Å²) in [6.45, 7) is 5.32. The van der Waals surface area contributed by atoms with E-state index in [9.17, 15) is 0 Å². The summed E-state index contributed by atoms with van der Waals surface area (Å²) in [7, 11) is 2.15. The maximum absolute atomic E-state index is 9.15. The Labute approximate surface area is 175 Å². The molecule has 0 aromatic carbocycles. The summed E-state index contributed by atoms with van der Waals surface area (Å²) in [5.41, 5.74) is 0. The number of unbranched alkanes of at least 4 members (excludes halogenated alkanes) is 13. The van der Waals surface area contributed by atoms with Crippen LogP contribution >= 0.6 is 0 Å². The van der Waals surface area contributed by atoms with Crippen molar-refractivity contribution in [1.82, 2.24) is 0 Å². The van der Waals surface area contributed by atoms with Crippen LogP contribution in [0, 0.1) is 0 Å². The van der Waals surface area contributed by atoms with E-state index in [4.69, 9.17) is 10.2 Å². The quantitative estimate of drug-likeness (QED) is 0.172. The third kappa shape index (κ3) is 19.2. The normalized spacial score (nSPS) is 11.5. The van der Waals surface area contributed by atoms with Gasteiger partial charge in [0.25, 0.3) is 0 Å². The summed E-state index contributed by atoms with van der Waals surface area (Å²) in [5.74, 6) is 0. The maximum atomic E-state index is 9.15. The Kier molecular flexibility index (Phi) is 23.3. The number of nitrogens with zero attached hydrogens (tertiary/aromatic N) is 1. The lowest BCUT2D eigenvalue weighted by Gasteiger charge is -2.33. The third-order valence-corrected chi connectivity index (χ3v) is 5.33. The molecule has 4 heteroatoms. The van der Waals surface area contributed by atoms with Crippen molar-refractivity contribution in [3.63, 3.8) is 0 Å². The molecule has 2 N–H and O–H groups in total. The Morgan fingerprint density at radius 1 is 0.520 bits per heavy atom. The Bertz CT molecular complexity index is 246. The summed E-state index contributed by atoms with van der Waals surface area (Å²) in [5, 5.41) is 18.3. The molecule has 0 atom stereocenters. The number of aliphatic hydroxyl groups is 2. The Morgan fingerprint density at radius 2 is 0.840 bits per heavy atom. The molecule has 0 aliphatic heterocycles. The second kappa shape index (κ2) is 20.9. The number of rotatable bonds is 19. The molecule has 154 valence electrons. The number of hydrogen-bond acceptors (Lipinski definition) is 2. The van der Waals surface area contributed by atoms with Crippen molar-refractivity contribution in [2.24, 2.45) is 0 Å². The van der Waals surface area contributed by atoms with E-state index in [-0.39, 0.29) is 37.2 Å². The lowest BCUT2D eigenvalue weighted by atomic mass is 10.0. The minimum Gasteiger partial charge on any atom is -1.00 e. The van der Waals surface area contributed by atoms with Crippen LogP contribution in [0.5, 0.6) is 0 Å². The molecule has 25 heavy (non-hydrogen) atoms. The van der Waals surface area contributed by atoms with Gasteiger partial charge >= 0.3 is 0 Å². The monoisotopic (exact) mass is 471 g/mol. The van der Waals surface area contributed by atoms with E-state index in [0.29, 0.717) is 0 Å². The first-order valence-corrected chi connectivity index (χ1v) is 10.7. The zero-order valence-electron chi connectivity index (χ0n) is 17.2. The van der Waals surface area contributed by atoms with Gasteiger partial charge in [0.05, 0.1) is 26.8 Å². The van der Waals surface area contributed by atoms with E-state index in [1.54, 1.807) is 0 Å². The standard InChI is InChI=1S/C21H46NO2.HI/c1-3-4-5-6-7-8-9-10-11-12-13-14-15-16-17-22(2,18-20-23)19-21-24;/h23-24H,3-21H2,1-2H3;1H/q+1;/p-1. The van der Waals surface area contributed by atoms with E-state index in [0.717, 1.165) is 24.1 Å². The topological polar surface area (TPSA) is 40.5 Å². The van der Waals surface area contributed by atoms with E-state index < -0.39 is 0 Å². The first-order chi connectivity index (χ1) is 11.7. The predicted octanol–water partition coefficient (Wildman–Crippen LogP) is 1.90. The molecule has 0 bridgehead atoms. The highest BCUT2D eigenvalue weighted by atomic mass is 127. The summed E-state index contributed by atoms with van der Waals surface area (Å²) in [6, 6.07) is 0. The fourth-order valence-electron chi connectivity index (χ4n) is 3.51. The van der Waals surface area contributed by atoms with Gasteiger partial charge in [-0.2, -0.15) is 0 Å². The number of likely N-dealkylation sites (N-methyl/N-ethyl adjacent to an activating group) is 1. The van der Waals surface area contributed by atoms with E-state index >= 15 is 0 Å². The highest BCUT2D eigenvalue weighted by Crippen LogP contribution is 2.13. The van der Waals surface area contributed by atoms with Crippen LogP contribution in [0.3, 0.4) is 0 Å². The van der Waals surface area contributed by atoms with E-state index in [2.05, 4.69) is 14.0 Å². The summed E-state index contributed by atoms with van der Waals surface area (Å²) >= 11 is 0. The van der Waals surface area contributed by atoms with Crippen LogP contribution < -0.4 is 24.0 Å². The van der Waals surface area contributed by atoms with Gasteiger partial charge in [-0.25, -0.2) is 0 Å². The molecule has 0 aromatic heterocycles. The van der Waals surface area contributed by atoms with Gasteiger partial charge in [-0.1, -0.05) is 84.0 Å². The van der Waals surface area contributed by atoms with Gasteiger partial charge in [-0.3, -0.25) is 0 Å². The van der Waals surface area contributed by atoms with Crippen molar-refractivity contribution >= 4 is 0 Å². The molecule has 0 aliphatic rings. The lowest BCUT2D eigenvalue weighted by Crippen LogP contribution is -3.00. The molecule has 0 spiro atoms. The van der Waals surface area contributed by atoms with Gasteiger partial charge in [0.1, 0.15) is 13.1 Å². The van der Waals surface area contributed by atoms with Crippen molar-refractivity contribution < 1.29 is 38.7 Å². The second-order valence-electron chi connectivity index (χ2n) is 7.83. The van der Waals surface area contributed by atoms with Gasteiger partial charge in [-0.15, -0.1) is 0 Å². The maximum Gasteiger partial charge on any atom is 0.102 e. The molecule has 0 heterocycles. The number of aliphatic hydroxyl groups excluding tert-OH is 2. The zero-order chi connectivity index (χ0) is 17.9. The Hall–Kier alpha value is 0.610. The van der Waals surface area contributed by atoms with Crippen molar-refractivity contribution in [1.29, 1.82) is 0 Å². The van der Waals surface area contributed by atoms with Gasteiger partial charge in [0.15, 0.2) is 0 Å². The molecule has 0 aromatic rings. The Balaban J connectivity index is 0.